The molecular formula is C15H36N6. The van der Waals surface area contributed by atoms with Gasteiger partial charge in [0, 0.05) is 19.6 Å². The van der Waals surface area contributed by atoms with E-state index in [1.54, 1.807) is 0 Å². The molecule has 6 N–H and O–H groups in total. The first-order chi connectivity index (χ1) is 10.4. The first-order valence-corrected chi connectivity index (χ1v) is 8.79. The van der Waals surface area contributed by atoms with Crippen LogP contribution in [0.25, 0.3) is 0 Å². The molecule has 6 nitrogen and oxygen atoms in total. The Morgan fingerprint density at radius 1 is 0.810 bits per heavy atom. The number of hydrogen-bond donors (Lipinski definition) is 5. The van der Waals surface area contributed by atoms with Crippen LogP contribution in [0, 0.1) is 0 Å². The molecule has 6 heteroatoms. The summed E-state index contributed by atoms with van der Waals surface area (Å²) >= 11 is 0. The van der Waals surface area contributed by atoms with Crippen LogP contribution in [0.1, 0.15) is 44.9 Å². The fourth-order valence-corrected chi connectivity index (χ4v) is 2.40. The molecule has 21 heavy (non-hydrogen) atoms. The minimum atomic E-state index is 0.787. The molecule has 1 aliphatic rings. The van der Waals surface area contributed by atoms with Gasteiger partial charge in [0.05, 0.1) is 0 Å². The summed E-state index contributed by atoms with van der Waals surface area (Å²) in [5, 5.41) is 9.09. The number of hydrazine groups is 2. The smallest absolute Gasteiger partial charge is 0.0288 e. The van der Waals surface area contributed by atoms with Gasteiger partial charge in [-0.15, -0.1) is 0 Å². The standard InChI is InChI=1S/C15H36N6/c16-8-6-11-17-9-3-4-10-18-12-7-14-20-21-15-5-1-2-13-19-21/h17-20H,1-16H2. The molecule has 0 aromatic rings. The van der Waals surface area contributed by atoms with E-state index in [1.807, 2.05) is 0 Å². The molecule has 1 rings (SSSR count). The molecule has 126 valence electrons. The van der Waals surface area contributed by atoms with E-state index in [0.29, 0.717) is 0 Å². The van der Waals surface area contributed by atoms with Gasteiger partial charge in [0.1, 0.15) is 0 Å². The number of rotatable bonds is 13. The van der Waals surface area contributed by atoms with E-state index in [-0.39, 0.29) is 0 Å². The number of nitrogens with zero attached hydrogens (tertiary/aromatic N) is 1. The Balaban J connectivity index is 1.74. The van der Waals surface area contributed by atoms with Gasteiger partial charge in [0.2, 0.25) is 0 Å². The molecule has 0 unspecified atom stereocenters. The summed E-state index contributed by atoms with van der Waals surface area (Å²) in [5.74, 6) is 0. The molecule has 1 heterocycles. The first-order valence-electron chi connectivity index (χ1n) is 8.79. The highest BCUT2D eigenvalue weighted by molar-refractivity contribution is 4.57. The van der Waals surface area contributed by atoms with Crippen LogP contribution in [0.4, 0.5) is 0 Å². The van der Waals surface area contributed by atoms with Crippen LogP contribution in [0.15, 0.2) is 0 Å². The summed E-state index contributed by atoms with van der Waals surface area (Å²) in [6, 6.07) is 0. The van der Waals surface area contributed by atoms with E-state index in [4.69, 9.17) is 5.73 Å². The predicted octanol–water partition coefficient (Wildman–Crippen LogP) is 0.180. The maximum absolute atomic E-state index is 5.44. The molecular weight excluding hydrogens is 264 g/mol. The molecule has 1 saturated heterocycles. The second kappa shape index (κ2) is 14.7. The molecule has 0 radical (unpaired) electrons. The van der Waals surface area contributed by atoms with Crippen molar-refractivity contribution < 1.29 is 0 Å². The lowest BCUT2D eigenvalue weighted by atomic mass is 10.2. The number of unbranched alkanes of at least 4 members (excludes halogenated alkanes) is 1. The zero-order chi connectivity index (χ0) is 15.0. The van der Waals surface area contributed by atoms with Gasteiger partial charge in [-0.25, -0.2) is 10.9 Å². The molecule has 0 aromatic carbocycles. The van der Waals surface area contributed by atoms with Gasteiger partial charge < -0.3 is 16.4 Å². The summed E-state index contributed by atoms with van der Waals surface area (Å²) in [4.78, 5) is 0. The molecule has 1 fully saturated rings. The summed E-state index contributed by atoms with van der Waals surface area (Å²) < 4.78 is 0. The van der Waals surface area contributed by atoms with E-state index in [9.17, 15) is 0 Å². The highest BCUT2D eigenvalue weighted by Crippen LogP contribution is 1.99. The Hall–Kier alpha value is -0.240. The zero-order valence-corrected chi connectivity index (χ0v) is 13.6. The number of nitrogens with one attached hydrogen (secondary N) is 4. The lowest BCUT2D eigenvalue weighted by molar-refractivity contribution is 0.123. The van der Waals surface area contributed by atoms with E-state index >= 15 is 0 Å². The quantitative estimate of drug-likeness (QED) is 0.312. The minimum absolute atomic E-state index is 0.787. The van der Waals surface area contributed by atoms with E-state index in [0.717, 1.165) is 58.8 Å². The fourth-order valence-electron chi connectivity index (χ4n) is 2.40. The molecule has 0 amide bonds. The molecule has 0 spiro atoms. The zero-order valence-electron chi connectivity index (χ0n) is 13.6. The minimum Gasteiger partial charge on any atom is -0.330 e. The van der Waals surface area contributed by atoms with Crippen molar-refractivity contribution in [2.24, 2.45) is 5.73 Å². The Morgan fingerprint density at radius 2 is 1.52 bits per heavy atom. The monoisotopic (exact) mass is 300 g/mol. The van der Waals surface area contributed by atoms with Crippen molar-refractivity contribution in [2.45, 2.75) is 44.9 Å². The first kappa shape index (κ1) is 18.8. The van der Waals surface area contributed by atoms with Crippen LogP contribution >= 0.6 is 0 Å². The van der Waals surface area contributed by atoms with Gasteiger partial charge in [-0.3, -0.25) is 0 Å². The van der Waals surface area contributed by atoms with Crippen LogP contribution in [0.3, 0.4) is 0 Å². The normalized spacial score (nSPS) is 17.0. The van der Waals surface area contributed by atoms with Crippen LogP contribution in [-0.2, 0) is 0 Å². The van der Waals surface area contributed by atoms with Crippen molar-refractivity contribution in [3.63, 3.8) is 0 Å². The average molecular weight is 300 g/mol. The second-order valence-corrected chi connectivity index (χ2v) is 5.73. The van der Waals surface area contributed by atoms with Crippen LogP contribution in [0.2, 0.25) is 0 Å². The molecule has 0 bridgehead atoms. The van der Waals surface area contributed by atoms with E-state index < -0.39 is 0 Å². The molecule has 1 aliphatic heterocycles. The third kappa shape index (κ3) is 12.0. The van der Waals surface area contributed by atoms with Gasteiger partial charge in [0.15, 0.2) is 0 Å². The third-order valence-electron chi connectivity index (χ3n) is 3.71. The average Bonchev–Trinajstić information content (AvgIpc) is 2.77. The van der Waals surface area contributed by atoms with E-state index in [2.05, 4.69) is 26.6 Å². The van der Waals surface area contributed by atoms with Crippen molar-refractivity contribution in [3.05, 3.63) is 0 Å². The van der Waals surface area contributed by atoms with Crippen molar-refractivity contribution >= 4 is 0 Å². The van der Waals surface area contributed by atoms with Crippen LogP contribution < -0.4 is 27.2 Å². The van der Waals surface area contributed by atoms with Gasteiger partial charge >= 0.3 is 0 Å². The Bertz CT molecular complexity index is 206. The van der Waals surface area contributed by atoms with Gasteiger partial charge in [-0.1, -0.05) is 6.42 Å². The summed E-state index contributed by atoms with van der Waals surface area (Å²) in [7, 11) is 0. The van der Waals surface area contributed by atoms with E-state index in [1.165, 1.54) is 38.5 Å². The number of nitrogens with two attached hydrogens (primary N) is 1. The molecule has 0 saturated carbocycles. The Morgan fingerprint density at radius 3 is 2.29 bits per heavy atom. The summed E-state index contributed by atoms with van der Waals surface area (Å²) in [5.41, 5.74) is 12.3. The predicted molar refractivity (Wildman–Crippen MR) is 89.8 cm³/mol. The largest absolute Gasteiger partial charge is 0.330 e. The van der Waals surface area contributed by atoms with Crippen molar-refractivity contribution in [2.75, 3.05) is 52.4 Å². The van der Waals surface area contributed by atoms with Crippen molar-refractivity contribution in [1.82, 2.24) is 26.6 Å². The topological polar surface area (TPSA) is 77.4 Å². The highest BCUT2D eigenvalue weighted by Gasteiger charge is 2.06. The molecule has 0 aliphatic carbocycles. The lowest BCUT2D eigenvalue weighted by Gasteiger charge is -2.21. The second-order valence-electron chi connectivity index (χ2n) is 5.73. The lowest BCUT2D eigenvalue weighted by Crippen LogP contribution is -2.48. The maximum Gasteiger partial charge on any atom is 0.0288 e. The SMILES string of the molecule is NCCCNCCCCNCCCNN1CCCCCN1. The van der Waals surface area contributed by atoms with Crippen LogP contribution in [-0.4, -0.2) is 57.5 Å². The highest BCUT2D eigenvalue weighted by atomic mass is 15.7. The number of hydrogen-bond acceptors (Lipinski definition) is 6. The Kier molecular flexibility index (Phi) is 13.2. The van der Waals surface area contributed by atoms with Crippen LogP contribution in [0.5, 0.6) is 0 Å². The Labute approximate surface area is 130 Å². The summed E-state index contributed by atoms with van der Waals surface area (Å²) in [6.07, 6.45) is 8.67. The van der Waals surface area contributed by atoms with Crippen molar-refractivity contribution in [1.29, 1.82) is 0 Å². The fraction of sp³-hybridized carbons (Fsp3) is 1.00. The van der Waals surface area contributed by atoms with Gasteiger partial charge in [0.25, 0.3) is 0 Å². The summed E-state index contributed by atoms with van der Waals surface area (Å²) in [6.45, 7) is 8.44. The molecule has 0 aromatic heterocycles. The van der Waals surface area contributed by atoms with Gasteiger partial charge in [-0.2, -0.15) is 5.12 Å². The van der Waals surface area contributed by atoms with Crippen molar-refractivity contribution in [3.8, 4) is 0 Å². The maximum atomic E-state index is 5.44. The third-order valence-corrected chi connectivity index (χ3v) is 3.71. The molecule has 0 atom stereocenters. The van der Waals surface area contributed by atoms with Gasteiger partial charge in [-0.05, 0) is 71.2 Å².